The van der Waals surface area contributed by atoms with E-state index in [0.717, 1.165) is 24.1 Å². The van der Waals surface area contributed by atoms with Crippen LogP contribution in [-0.2, 0) is 0 Å². The van der Waals surface area contributed by atoms with Gasteiger partial charge in [0.05, 0.1) is 7.11 Å². The van der Waals surface area contributed by atoms with Gasteiger partial charge in [0.25, 0.3) is 0 Å². The first-order valence-electron chi connectivity index (χ1n) is 6.08. The lowest BCUT2D eigenvalue weighted by Gasteiger charge is -2.07. The summed E-state index contributed by atoms with van der Waals surface area (Å²) in [5.41, 5.74) is 1.43. The van der Waals surface area contributed by atoms with Crippen LogP contribution in [0.3, 0.4) is 0 Å². The molecule has 0 amide bonds. The van der Waals surface area contributed by atoms with E-state index in [2.05, 4.69) is 37.4 Å². The van der Waals surface area contributed by atoms with Gasteiger partial charge in [-0.25, -0.2) is 0 Å². The van der Waals surface area contributed by atoms with E-state index in [1.54, 1.807) is 7.11 Å². The van der Waals surface area contributed by atoms with Crippen molar-refractivity contribution in [2.75, 3.05) is 13.7 Å². The minimum atomic E-state index is 0.589. The average molecular weight is 219 g/mol. The summed E-state index contributed by atoms with van der Waals surface area (Å²) in [4.78, 5) is 0. The number of rotatable bonds is 5. The molecule has 1 aromatic carbocycles. The quantitative estimate of drug-likeness (QED) is 0.822. The van der Waals surface area contributed by atoms with E-state index >= 15 is 0 Å². The zero-order valence-electron chi connectivity index (χ0n) is 10.4. The minimum Gasteiger partial charge on any atom is -0.497 e. The first-order chi connectivity index (χ1) is 7.70. The highest BCUT2D eigenvalue weighted by atomic mass is 16.5. The Morgan fingerprint density at radius 2 is 2.25 bits per heavy atom. The van der Waals surface area contributed by atoms with Crippen LogP contribution < -0.4 is 10.1 Å². The predicted octanol–water partition coefficient (Wildman–Crippen LogP) is 2.80. The highest BCUT2D eigenvalue weighted by Gasteiger charge is 2.37. The van der Waals surface area contributed by atoms with Gasteiger partial charge in [-0.1, -0.05) is 26.0 Å². The van der Waals surface area contributed by atoms with Gasteiger partial charge in [0.2, 0.25) is 0 Å². The third kappa shape index (κ3) is 2.76. The fourth-order valence-electron chi connectivity index (χ4n) is 2.14. The summed E-state index contributed by atoms with van der Waals surface area (Å²) in [7, 11) is 1.73. The summed E-state index contributed by atoms with van der Waals surface area (Å²) >= 11 is 0. The Labute approximate surface area is 98.0 Å². The number of hydrogen-bond donors (Lipinski definition) is 1. The average Bonchev–Trinajstić information content (AvgIpc) is 3.06. The molecule has 2 heteroatoms. The van der Waals surface area contributed by atoms with Gasteiger partial charge >= 0.3 is 0 Å². The monoisotopic (exact) mass is 219 g/mol. The normalized spacial score (nSPS) is 23.5. The Kier molecular flexibility index (Phi) is 3.49. The molecule has 16 heavy (non-hydrogen) atoms. The summed E-state index contributed by atoms with van der Waals surface area (Å²) in [6, 6.07) is 9.06. The van der Waals surface area contributed by atoms with Crippen molar-refractivity contribution in [2.24, 2.45) is 5.92 Å². The van der Waals surface area contributed by atoms with E-state index in [4.69, 9.17) is 4.74 Å². The summed E-state index contributed by atoms with van der Waals surface area (Å²) in [6.45, 7) is 5.53. The lowest BCUT2D eigenvalue weighted by atomic mass is 10.1. The molecule has 1 saturated carbocycles. The summed E-state index contributed by atoms with van der Waals surface area (Å²) in [5, 5.41) is 3.50. The largest absolute Gasteiger partial charge is 0.497 e. The molecular formula is C14H21NO. The van der Waals surface area contributed by atoms with Gasteiger partial charge in [0.1, 0.15) is 5.75 Å². The molecular weight excluding hydrogens is 198 g/mol. The van der Waals surface area contributed by atoms with Crippen molar-refractivity contribution in [3.8, 4) is 5.75 Å². The van der Waals surface area contributed by atoms with E-state index < -0.39 is 0 Å². The van der Waals surface area contributed by atoms with Crippen molar-refractivity contribution in [1.82, 2.24) is 5.32 Å². The van der Waals surface area contributed by atoms with Crippen molar-refractivity contribution in [1.29, 1.82) is 0 Å². The number of methoxy groups -OCH3 is 1. The smallest absolute Gasteiger partial charge is 0.119 e. The molecule has 2 atom stereocenters. The summed E-state index contributed by atoms with van der Waals surface area (Å²) in [6.07, 6.45) is 1.31. The van der Waals surface area contributed by atoms with E-state index in [-0.39, 0.29) is 0 Å². The molecule has 1 aromatic rings. The Hall–Kier alpha value is -1.02. The van der Waals surface area contributed by atoms with Crippen molar-refractivity contribution >= 4 is 0 Å². The summed E-state index contributed by atoms with van der Waals surface area (Å²) in [5.74, 6) is 2.52. The van der Waals surface area contributed by atoms with Gasteiger partial charge in [0.15, 0.2) is 0 Å². The van der Waals surface area contributed by atoms with Gasteiger partial charge in [-0.3, -0.25) is 0 Å². The minimum absolute atomic E-state index is 0.589. The van der Waals surface area contributed by atoms with Crippen LogP contribution in [0.1, 0.15) is 31.7 Å². The van der Waals surface area contributed by atoms with Crippen LogP contribution in [0.4, 0.5) is 0 Å². The third-order valence-corrected chi connectivity index (χ3v) is 3.23. The highest BCUT2D eigenvalue weighted by Crippen LogP contribution is 2.47. The molecule has 2 rings (SSSR count). The maximum atomic E-state index is 5.25. The Morgan fingerprint density at radius 3 is 2.94 bits per heavy atom. The van der Waals surface area contributed by atoms with E-state index in [9.17, 15) is 0 Å². The van der Waals surface area contributed by atoms with Crippen LogP contribution >= 0.6 is 0 Å². The standard InChI is InChI=1S/C14H21NO/c1-10(2)15-9-12-8-14(12)11-5-4-6-13(7-11)16-3/h4-7,10,12,14-15H,8-9H2,1-3H3. The summed E-state index contributed by atoms with van der Waals surface area (Å²) < 4.78 is 5.25. The van der Waals surface area contributed by atoms with Crippen LogP contribution in [0, 0.1) is 5.92 Å². The second kappa shape index (κ2) is 4.88. The lowest BCUT2D eigenvalue weighted by Crippen LogP contribution is -2.25. The molecule has 2 unspecified atom stereocenters. The fraction of sp³-hybridized carbons (Fsp3) is 0.571. The van der Waals surface area contributed by atoms with Crippen molar-refractivity contribution < 1.29 is 4.74 Å². The topological polar surface area (TPSA) is 21.3 Å². The number of nitrogens with one attached hydrogen (secondary N) is 1. The van der Waals surface area contributed by atoms with Crippen LogP contribution in [0.2, 0.25) is 0 Å². The van der Waals surface area contributed by atoms with Crippen LogP contribution in [0.15, 0.2) is 24.3 Å². The Balaban J connectivity index is 1.90. The molecule has 1 aliphatic carbocycles. The fourth-order valence-corrected chi connectivity index (χ4v) is 2.14. The molecule has 0 aliphatic heterocycles. The SMILES string of the molecule is COc1cccc(C2CC2CNC(C)C)c1. The molecule has 0 radical (unpaired) electrons. The predicted molar refractivity (Wildman–Crippen MR) is 67.0 cm³/mol. The molecule has 0 aromatic heterocycles. The Morgan fingerprint density at radius 1 is 1.44 bits per heavy atom. The van der Waals surface area contributed by atoms with Crippen LogP contribution in [-0.4, -0.2) is 19.7 Å². The first-order valence-corrected chi connectivity index (χ1v) is 6.08. The molecule has 0 heterocycles. The number of benzene rings is 1. The second-order valence-corrected chi connectivity index (χ2v) is 4.94. The van der Waals surface area contributed by atoms with E-state index in [1.807, 2.05) is 6.07 Å². The molecule has 0 spiro atoms. The molecule has 1 aliphatic rings. The molecule has 2 nitrogen and oxygen atoms in total. The van der Waals surface area contributed by atoms with Crippen LogP contribution in [0.5, 0.6) is 5.75 Å². The highest BCUT2D eigenvalue weighted by molar-refractivity contribution is 5.34. The molecule has 1 N–H and O–H groups in total. The Bertz CT molecular complexity index is 348. The zero-order chi connectivity index (χ0) is 11.5. The maximum absolute atomic E-state index is 5.25. The number of hydrogen-bond acceptors (Lipinski definition) is 2. The lowest BCUT2D eigenvalue weighted by molar-refractivity contribution is 0.414. The van der Waals surface area contributed by atoms with Gasteiger partial charge in [-0.05, 0) is 42.5 Å². The maximum Gasteiger partial charge on any atom is 0.119 e. The first kappa shape index (κ1) is 11.5. The molecule has 0 saturated heterocycles. The van der Waals surface area contributed by atoms with Gasteiger partial charge < -0.3 is 10.1 Å². The van der Waals surface area contributed by atoms with E-state index in [0.29, 0.717) is 6.04 Å². The van der Waals surface area contributed by atoms with Gasteiger partial charge in [-0.2, -0.15) is 0 Å². The molecule has 1 fully saturated rings. The van der Waals surface area contributed by atoms with Gasteiger partial charge in [0, 0.05) is 6.04 Å². The van der Waals surface area contributed by atoms with Crippen LogP contribution in [0.25, 0.3) is 0 Å². The van der Waals surface area contributed by atoms with Crippen molar-refractivity contribution in [3.05, 3.63) is 29.8 Å². The third-order valence-electron chi connectivity index (χ3n) is 3.23. The second-order valence-electron chi connectivity index (χ2n) is 4.94. The van der Waals surface area contributed by atoms with Gasteiger partial charge in [-0.15, -0.1) is 0 Å². The van der Waals surface area contributed by atoms with Crippen molar-refractivity contribution in [2.45, 2.75) is 32.2 Å². The zero-order valence-corrected chi connectivity index (χ0v) is 10.4. The number of ether oxygens (including phenoxy) is 1. The molecule has 88 valence electrons. The van der Waals surface area contributed by atoms with E-state index in [1.165, 1.54) is 12.0 Å². The van der Waals surface area contributed by atoms with Crippen molar-refractivity contribution in [3.63, 3.8) is 0 Å². The molecule has 0 bridgehead atoms.